The fraction of sp³-hybridized carbons (Fsp3) is 0.292. The lowest BCUT2D eigenvalue weighted by Crippen LogP contribution is -2.58. The van der Waals surface area contributed by atoms with E-state index in [1.807, 2.05) is 0 Å². The highest BCUT2D eigenvalue weighted by Gasteiger charge is 2.56. The van der Waals surface area contributed by atoms with Gasteiger partial charge in [0.1, 0.15) is 0 Å². The molecule has 0 amide bonds. The van der Waals surface area contributed by atoms with Crippen molar-refractivity contribution in [1.29, 1.82) is 0 Å². The third-order valence-corrected chi connectivity index (χ3v) is 20.1. The van der Waals surface area contributed by atoms with Crippen molar-refractivity contribution in [3.63, 3.8) is 0 Å². The van der Waals surface area contributed by atoms with E-state index >= 15 is 0 Å². The summed E-state index contributed by atoms with van der Waals surface area (Å²) < 4.78 is 2.88. The van der Waals surface area contributed by atoms with E-state index in [0.29, 0.717) is 5.41 Å². The van der Waals surface area contributed by atoms with Crippen LogP contribution in [0.5, 0.6) is 0 Å². The maximum Gasteiger partial charge on any atom is 0.333 e. The van der Waals surface area contributed by atoms with Crippen LogP contribution in [-0.2, 0) is 16.2 Å². The fourth-order valence-electron chi connectivity index (χ4n) is 17.6. The van der Waals surface area contributed by atoms with E-state index in [0.717, 1.165) is 11.8 Å². The highest BCUT2D eigenvalue weighted by molar-refractivity contribution is 6.90. The molecule has 68 heavy (non-hydrogen) atoms. The van der Waals surface area contributed by atoms with Gasteiger partial charge in [0.05, 0.1) is 16.8 Å². The normalized spacial score (nSPS) is 25.0. The summed E-state index contributed by atoms with van der Waals surface area (Å²) in [6.45, 7) is 0.00742. The summed E-state index contributed by atoms with van der Waals surface area (Å²) in [4.78, 5) is 2.76. The minimum absolute atomic E-state index is 0.00742. The maximum absolute atomic E-state index is 2.88. The number of hydrogen-bond donors (Lipinski definition) is 0. The van der Waals surface area contributed by atoms with Gasteiger partial charge < -0.3 is 9.38 Å². The lowest BCUT2D eigenvalue weighted by molar-refractivity contribution is 0.149. The number of aromatic nitrogens is 1. The van der Waals surface area contributed by atoms with Gasteiger partial charge in [0.2, 0.25) is 0 Å². The lowest BCUT2D eigenvalue weighted by atomic mass is 9.43. The molecular weight excluding hydrogens is 820 g/mol. The van der Waals surface area contributed by atoms with E-state index in [1.165, 1.54) is 195 Å². The molecule has 0 radical (unpaired) electrons. The molecule has 0 atom stereocenters. The van der Waals surface area contributed by atoms with Crippen molar-refractivity contribution in [1.82, 2.24) is 4.48 Å². The van der Waals surface area contributed by atoms with E-state index in [9.17, 15) is 0 Å². The summed E-state index contributed by atoms with van der Waals surface area (Å²) in [5, 5.41) is 5.67. The summed E-state index contributed by atoms with van der Waals surface area (Å²) in [5.74, 6) is 1.76. The maximum atomic E-state index is 2.88. The van der Waals surface area contributed by atoms with Crippen molar-refractivity contribution in [2.45, 2.75) is 106 Å². The summed E-state index contributed by atoms with van der Waals surface area (Å²) in [6, 6.07) is 61.1. The van der Waals surface area contributed by atoms with Gasteiger partial charge in [-0.15, -0.1) is 0 Å². The van der Waals surface area contributed by atoms with Crippen LogP contribution >= 0.6 is 0 Å². The first-order valence-electron chi connectivity index (χ1n) is 26.5. The molecule has 2 nitrogen and oxygen atoms in total. The molecule has 17 rings (SSSR count). The van der Waals surface area contributed by atoms with E-state index in [2.05, 4.69) is 161 Å². The highest BCUT2D eigenvalue weighted by atomic mass is 15.2. The molecule has 0 saturated heterocycles. The zero-order chi connectivity index (χ0) is 44.1. The second kappa shape index (κ2) is 13.1. The Morgan fingerprint density at radius 2 is 1.07 bits per heavy atom. The van der Waals surface area contributed by atoms with Crippen LogP contribution in [-0.4, -0.2) is 11.3 Å². The van der Waals surface area contributed by atoms with Gasteiger partial charge in [0.25, 0.3) is 0 Å². The molecule has 4 heterocycles. The molecule has 4 saturated carbocycles. The molecule has 0 N–H and O–H groups in total. The van der Waals surface area contributed by atoms with Gasteiger partial charge in [-0.2, -0.15) is 0 Å². The number of benzene rings is 8. The standard InChI is InChI=1S/C65H55BN2/c1-2-19-45-42(18-1)34-49-51-37-44(64-32-12-16-41(39-64)17-13-33-64)36-50-48-35-43(63-30-10-14-40(38-63)15-11-31-63)28-29-57(48)68(60(50)51)66-56-26-9-25-55-62(56)67(61(45)59(49)66)58-27-8-7-24-54(58)65(55)52-22-5-3-20-46(52)47-21-4-6-23-53(47)65/h1-9,18-29,34-37,40-41H,10-17,30-33,38-39H2. The van der Waals surface area contributed by atoms with Gasteiger partial charge in [-0.3, -0.25) is 0 Å². The lowest BCUT2D eigenvalue weighted by Gasteiger charge is -2.50. The second-order valence-corrected chi connectivity index (χ2v) is 23.0. The predicted molar refractivity (Wildman–Crippen MR) is 283 cm³/mol. The van der Waals surface area contributed by atoms with Crippen LogP contribution in [0, 0.1) is 11.8 Å². The summed E-state index contributed by atoms with van der Waals surface area (Å²) in [7, 11) is 0. The molecule has 0 unspecified atom stereocenters. The second-order valence-electron chi connectivity index (χ2n) is 23.0. The molecule has 3 aliphatic heterocycles. The zero-order valence-corrected chi connectivity index (χ0v) is 39.0. The number of fused-ring (bicyclic) bond motifs is 22. The molecule has 1 aromatic heterocycles. The monoisotopic (exact) mass is 874 g/mol. The van der Waals surface area contributed by atoms with Crippen LogP contribution in [0.25, 0.3) is 54.8 Å². The summed E-state index contributed by atoms with van der Waals surface area (Å²) in [5.41, 5.74) is 24.3. The van der Waals surface area contributed by atoms with Crippen molar-refractivity contribution >= 4 is 67.4 Å². The molecule has 3 heteroatoms. The van der Waals surface area contributed by atoms with Gasteiger partial charge in [-0.25, -0.2) is 0 Å². The van der Waals surface area contributed by atoms with E-state index in [-0.39, 0.29) is 12.3 Å². The largest absolute Gasteiger partial charge is 0.375 e. The van der Waals surface area contributed by atoms with Crippen LogP contribution in [0.1, 0.15) is 123 Å². The summed E-state index contributed by atoms with van der Waals surface area (Å²) in [6.07, 6.45) is 19.3. The minimum Gasteiger partial charge on any atom is -0.375 e. The van der Waals surface area contributed by atoms with E-state index < -0.39 is 5.41 Å². The number of anilines is 3. The minimum atomic E-state index is -0.463. The van der Waals surface area contributed by atoms with Crippen molar-refractivity contribution in [2.24, 2.45) is 11.8 Å². The first-order valence-corrected chi connectivity index (χ1v) is 26.5. The van der Waals surface area contributed by atoms with E-state index in [4.69, 9.17) is 0 Å². The third-order valence-electron chi connectivity index (χ3n) is 20.1. The average Bonchev–Trinajstić information content (AvgIpc) is 3.87. The molecule has 4 fully saturated rings. The van der Waals surface area contributed by atoms with Crippen molar-refractivity contribution in [3.05, 3.63) is 185 Å². The molecule has 4 bridgehead atoms. The fourth-order valence-corrected chi connectivity index (χ4v) is 17.6. The zero-order valence-electron chi connectivity index (χ0n) is 39.0. The smallest absolute Gasteiger partial charge is 0.333 e. The topological polar surface area (TPSA) is 8.17 Å². The quantitative estimate of drug-likeness (QED) is 0.157. The predicted octanol–water partition coefficient (Wildman–Crippen LogP) is 15.3. The Bertz CT molecular complexity index is 3650. The first kappa shape index (κ1) is 37.6. The van der Waals surface area contributed by atoms with Crippen molar-refractivity contribution in [3.8, 4) is 22.3 Å². The molecule has 5 aliphatic carbocycles. The molecule has 8 aliphatic rings. The molecule has 328 valence electrons. The Balaban J connectivity index is 1.02. The van der Waals surface area contributed by atoms with Crippen LogP contribution in [0.3, 0.4) is 0 Å². The Hall–Kier alpha value is -6.32. The Labute approximate surface area is 400 Å². The summed E-state index contributed by atoms with van der Waals surface area (Å²) >= 11 is 0. The first-order chi connectivity index (χ1) is 33.6. The van der Waals surface area contributed by atoms with Crippen LogP contribution in [0.2, 0.25) is 0 Å². The van der Waals surface area contributed by atoms with Crippen molar-refractivity contribution in [2.75, 3.05) is 4.90 Å². The number of rotatable bonds is 2. The number of para-hydroxylation sites is 2. The average molecular weight is 875 g/mol. The van der Waals surface area contributed by atoms with Crippen LogP contribution in [0.4, 0.5) is 17.1 Å². The molecule has 9 aromatic rings. The molecular formula is C65H55BN2. The van der Waals surface area contributed by atoms with Crippen molar-refractivity contribution < 1.29 is 0 Å². The highest BCUT2D eigenvalue weighted by Crippen LogP contribution is 2.65. The Morgan fingerprint density at radius 1 is 0.456 bits per heavy atom. The van der Waals surface area contributed by atoms with Crippen LogP contribution < -0.4 is 15.8 Å². The van der Waals surface area contributed by atoms with Gasteiger partial charge >= 0.3 is 6.85 Å². The van der Waals surface area contributed by atoms with Gasteiger partial charge in [0.15, 0.2) is 0 Å². The number of nitrogens with zero attached hydrogens (tertiary/aromatic N) is 2. The third kappa shape index (κ3) is 4.46. The molecule has 1 spiro atoms. The molecule has 8 aromatic carbocycles. The van der Waals surface area contributed by atoms with E-state index in [1.54, 1.807) is 11.1 Å². The van der Waals surface area contributed by atoms with Gasteiger partial charge in [-0.05, 0) is 164 Å². The van der Waals surface area contributed by atoms with Crippen LogP contribution in [0.15, 0.2) is 152 Å². The SMILES string of the molecule is c1ccc2c(c1)-c1ccccc1C21c2ccccc2N2c3c(cccc31)B1c3c(cc4ccccc4c32)-c2cc(C34CCCC(CCC3)C4)cc3c4cc(C56CCCC(CCC5)C6)ccc4n1c23. The number of hydrogen-bond acceptors (Lipinski definition) is 1. The Morgan fingerprint density at radius 3 is 1.81 bits per heavy atom. The Kier molecular flexibility index (Phi) is 7.23. The van der Waals surface area contributed by atoms with Gasteiger partial charge in [-0.1, -0.05) is 167 Å². The van der Waals surface area contributed by atoms with Gasteiger partial charge in [0, 0.05) is 38.4 Å².